The van der Waals surface area contributed by atoms with Gasteiger partial charge in [0.15, 0.2) is 0 Å². The van der Waals surface area contributed by atoms with Gasteiger partial charge in [-0.3, -0.25) is 0 Å². The summed E-state index contributed by atoms with van der Waals surface area (Å²) in [5.74, 6) is 0. The van der Waals surface area contributed by atoms with Crippen molar-refractivity contribution in [3.63, 3.8) is 0 Å². The molecule has 1 aromatic carbocycles. The van der Waals surface area contributed by atoms with E-state index in [1.54, 1.807) is 0 Å². The maximum absolute atomic E-state index is 6.14. The quantitative estimate of drug-likeness (QED) is 0.523. The molecule has 6 radical (unpaired) electrons. The molecule has 0 aromatic heterocycles. The van der Waals surface area contributed by atoms with Crippen molar-refractivity contribution in [2.75, 3.05) is 0 Å². The van der Waals surface area contributed by atoms with E-state index in [-0.39, 0.29) is 30.0 Å². The van der Waals surface area contributed by atoms with Crippen molar-refractivity contribution in [3.8, 4) is 0 Å². The Morgan fingerprint density at radius 2 is 1.45 bits per heavy atom. The van der Waals surface area contributed by atoms with E-state index >= 15 is 0 Å². The van der Waals surface area contributed by atoms with E-state index in [2.05, 4.69) is 19.1 Å². The highest BCUT2D eigenvalue weighted by molar-refractivity contribution is 6.86. The van der Waals surface area contributed by atoms with E-state index in [0.717, 1.165) is 12.5 Å². The normalized spacial score (nSPS) is 18.6. The van der Waals surface area contributed by atoms with Gasteiger partial charge in [0.1, 0.15) is 0 Å². The van der Waals surface area contributed by atoms with Crippen molar-refractivity contribution < 1.29 is 16.5 Å². The van der Waals surface area contributed by atoms with Crippen LogP contribution < -0.4 is 5.19 Å². The Balaban J connectivity index is 1.95. The molecule has 0 spiro atoms. The van der Waals surface area contributed by atoms with Crippen molar-refractivity contribution in [2.24, 2.45) is 0 Å². The fourth-order valence-corrected chi connectivity index (χ4v) is 9.43. The lowest BCUT2D eigenvalue weighted by Gasteiger charge is -2.31. The summed E-state index contributed by atoms with van der Waals surface area (Å²) in [7, 11) is -2.39. The van der Waals surface area contributed by atoms with Crippen molar-refractivity contribution in [1.82, 2.24) is 0 Å². The highest BCUT2D eigenvalue weighted by Crippen LogP contribution is 2.19. The van der Waals surface area contributed by atoms with Crippen LogP contribution in [-0.2, 0) is 16.5 Å². The smallest absolute Gasteiger partial charge is 0.412 e. The van der Waals surface area contributed by atoms with Gasteiger partial charge in [0.2, 0.25) is 0 Å². The predicted octanol–water partition coefficient (Wildman–Crippen LogP) is 2.38. The molecule has 0 unspecified atom stereocenters. The van der Waals surface area contributed by atoms with Crippen LogP contribution in [0.15, 0.2) is 30.3 Å². The summed E-state index contributed by atoms with van der Waals surface area (Å²) in [4.78, 5) is 0. The predicted molar refractivity (Wildman–Crippen MR) is 91.6 cm³/mol. The third-order valence-corrected chi connectivity index (χ3v) is 10.5. The zero-order valence-corrected chi connectivity index (χ0v) is 17.0. The van der Waals surface area contributed by atoms with Gasteiger partial charge in [-0.15, -0.1) is 0 Å². The summed E-state index contributed by atoms with van der Waals surface area (Å²) in [6.45, 7) is 2.25. The molecule has 8 heteroatoms. The van der Waals surface area contributed by atoms with E-state index in [0.29, 0.717) is 0 Å². The van der Waals surface area contributed by atoms with Crippen LogP contribution in [0.4, 0.5) is 0 Å². The highest BCUT2D eigenvalue weighted by Gasteiger charge is 2.41. The minimum Gasteiger partial charge on any atom is -0.412 e. The molecule has 0 saturated carbocycles. The number of hydrogen-bond acceptors (Lipinski definition) is 4. The topological polar surface area (TPSA) is 36.9 Å². The molecule has 1 fully saturated rings. The number of hydrogen-bond donors (Lipinski definition) is 0. The van der Waals surface area contributed by atoms with E-state index in [9.17, 15) is 0 Å². The van der Waals surface area contributed by atoms with Crippen LogP contribution in [0.5, 0.6) is 0 Å². The first-order chi connectivity index (χ1) is 10.9. The molecule has 1 aliphatic heterocycles. The standard InChI is InChI=1S/C14H22O4Si4/c1-2-3-4-5-6-10-13-22(14-11-8-7-9-12-14)17-20-15-19-16-21-18-22/h7-9,11-12H,2-6,10,13H2,1H3. The fourth-order valence-electron chi connectivity index (χ4n) is 2.45. The zero-order valence-electron chi connectivity index (χ0n) is 13.0. The Bertz CT molecular complexity index is 399. The Morgan fingerprint density at radius 1 is 0.818 bits per heavy atom. The van der Waals surface area contributed by atoms with Crippen LogP contribution in [0.2, 0.25) is 6.04 Å². The second-order valence-corrected chi connectivity index (χ2v) is 11.6. The van der Waals surface area contributed by atoms with Crippen LogP contribution >= 0.6 is 0 Å². The van der Waals surface area contributed by atoms with Crippen LogP contribution in [-0.4, -0.2) is 38.6 Å². The highest BCUT2D eigenvalue weighted by atomic mass is 28.5. The molecular formula is C14H22O4Si4. The third-order valence-electron chi connectivity index (χ3n) is 3.65. The second kappa shape index (κ2) is 10.7. The zero-order chi connectivity index (χ0) is 15.5. The Morgan fingerprint density at radius 3 is 2.14 bits per heavy atom. The Hall–Kier alpha value is -0.0725. The summed E-state index contributed by atoms with van der Waals surface area (Å²) < 4.78 is 23.0. The molecule has 1 saturated heterocycles. The molecule has 1 aliphatic rings. The van der Waals surface area contributed by atoms with Gasteiger partial charge < -0.3 is 16.5 Å². The van der Waals surface area contributed by atoms with Crippen LogP contribution in [0.25, 0.3) is 0 Å². The molecule has 1 heterocycles. The minimum absolute atomic E-state index is 0.00792. The Labute approximate surface area is 142 Å². The summed E-state index contributed by atoms with van der Waals surface area (Å²) in [5.41, 5.74) is 0. The van der Waals surface area contributed by atoms with Gasteiger partial charge in [0, 0.05) is 0 Å². The lowest BCUT2D eigenvalue weighted by Crippen LogP contribution is -2.56. The van der Waals surface area contributed by atoms with E-state index in [4.69, 9.17) is 16.5 Å². The van der Waals surface area contributed by atoms with Crippen LogP contribution in [0.3, 0.4) is 0 Å². The number of unbranched alkanes of at least 4 members (excludes halogenated alkanes) is 5. The summed E-state index contributed by atoms with van der Waals surface area (Å²) in [5, 5.41) is 1.18. The maximum Gasteiger partial charge on any atom is 0.413 e. The van der Waals surface area contributed by atoms with E-state index < -0.39 is 8.56 Å². The fraction of sp³-hybridized carbons (Fsp3) is 0.571. The van der Waals surface area contributed by atoms with Gasteiger partial charge in [-0.2, -0.15) is 0 Å². The minimum atomic E-state index is -2.43. The monoisotopic (exact) mass is 366 g/mol. The molecule has 0 amide bonds. The lowest BCUT2D eigenvalue weighted by atomic mass is 10.1. The largest absolute Gasteiger partial charge is 0.413 e. The van der Waals surface area contributed by atoms with Crippen molar-refractivity contribution in [1.29, 1.82) is 0 Å². The van der Waals surface area contributed by atoms with Gasteiger partial charge in [-0.25, -0.2) is 0 Å². The third kappa shape index (κ3) is 5.85. The molecule has 0 N–H and O–H groups in total. The first kappa shape index (κ1) is 18.3. The average Bonchev–Trinajstić information content (AvgIpc) is 2.53. The van der Waals surface area contributed by atoms with Gasteiger partial charge in [0.25, 0.3) is 0 Å². The number of rotatable bonds is 8. The second-order valence-electron chi connectivity index (χ2n) is 5.29. The van der Waals surface area contributed by atoms with E-state index in [1.807, 2.05) is 18.2 Å². The van der Waals surface area contributed by atoms with Gasteiger partial charge >= 0.3 is 38.6 Å². The van der Waals surface area contributed by atoms with Crippen LogP contribution in [0, 0.1) is 0 Å². The molecule has 0 aliphatic carbocycles. The average molecular weight is 367 g/mol. The molecule has 22 heavy (non-hydrogen) atoms. The molecule has 2 rings (SSSR count). The summed E-state index contributed by atoms with van der Waals surface area (Å²) in [6.07, 6.45) is 7.62. The lowest BCUT2D eigenvalue weighted by molar-refractivity contribution is 0.313. The first-order valence-corrected chi connectivity index (χ1v) is 12.3. The van der Waals surface area contributed by atoms with Crippen molar-refractivity contribution >= 4 is 43.8 Å². The van der Waals surface area contributed by atoms with Crippen molar-refractivity contribution in [3.05, 3.63) is 30.3 Å². The molecule has 1 aromatic rings. The molecular weight excluding hydrogens is 344 g/mol. The van der Waals surface area contributed by atoms with E-state index in [1.165, 1.54) is 37.3 Å². The number of benzene rings is 1. The van der Waals surface area contributed by atoms with Gasteiger partial charge in [-0.1, -0.05) is 75.8 Å². The van der Waals surface area contributed by atoms with Crippen molar-refractivity contribution in [2.45, 2.75) is 51.5 Å². The van der Waals surface area contributed by atoms with Gasteiger partial charge in [0.05, 0.1) is 0 Å². The first-order valence-electron chi connectivity index (χ1n) is 7.85. The molecule has 0 bridgehead atoms. The molecule has 118 valence electrons. The molecule has 0 atom stereocenters. The maximum atomic E-state index is 6.14. The molecule has 4 nitrogen and oxygen atoms in total. The summed E-state index contributed by atoms with van der Waals surface area (Å²) in [6, 6.07) is 11.3. The Kier molecular flexibility index (Phi) is 8.85. The SMILES string of the molecule is CCCCCCCC[Si]1(c2ccccc2)O[Si]O[Si]O[Si]O1. The van der Waals surface area contributed by atoms with Gasteiger partial charge in [-0.05, 0) is 11.2 Å². The summed E-state index contributed by atoms with van der Waals surface area (Å²) >= 11 is 0. The van der Waals surface area contributed by atoms with Crippen LogP contribution in [0.1, 0.15) is 45.4 Å².